The molecule has 0 aliphatic heterocycles. The van der Waals surface area contributed by atoms with Gasteiger partial charge in [-0.1, -0.05) is 6.92 Å². The monoisotopic (exact) mass is 668 g/mol. The Balaban J connectivity index is 4.73. The van der Waals surface area contributed by atoms with Crippen molar-refractivity contribution >= 4 is 48.8 Å². The Hall–Kier alpha value is -4.20. The molecule has 19 nitrogen and oxygen atoms in total. The van der Waals surface area contributed by atoms with E-state index in [0.717, 1.165) is 0 Å². The van der Waals surface area contributed by atoms with E-state index < -0.39 is 92.7 Å². The maximum Gasteiger partial charge on any atom is 0.324 e. The van der Waals surface area contributed by atoms with Gasteiger partial charge in [0, 0.05) is 13.0 Å². The van der Waals surface area contributed by atoms with Crippen molar-refractivity contribution in [3.8, 4) is 0 Å². The summed E-state index contributed by atoms with van der Waals surface area (Å²) in [6, 6.07) is 0. The quantitative estimate of drug-likeness (QED) is 0.0273. The first kappa shape index (κ1) is 41.8. The maximum absolute atomic E-state index is 12.4. The molecule has 0 heterocycles. The van der Waals surface area contributed by atoms with Gasteiger partial charge in [-0.05, 0) is 18.8 Å². The van der Waals surface area contributed by atoms with Gasteiger partial charge in [-0.2, -0.15) is 0 Å². The van der Waals surface area contributed by atoms with Crippen LogP contribution in [-0.4, -0.2) is 135 Å². The van der Waals surface area contributed by atoms with Gasteiger partial charge in [0.1, 0.15) is 38.3 Å². The van der Waals surface area contributed by atoms with Crippen molar-refractivity contribution in [1.29, 1.82) is 0 Å². The van der Waals surface area contributed by atoms with Gasteiger partial charge in [0.05, 0.1) is 39.5 Å². The molecule has 3 N–H and O–H groups in total. The molecular formula is C27H40O19. The van der Waals surface area contributed by atoms with Gasteiger partial charge in [0.2, 0.25) is 0 Å². The fourth-order valence-electron chi connectivity index (χ4n) is 3.17. The number of carbonyl (C=O) groups is 8. The van der Waals surface area contributed by atoms with Gasteiger partial charge in [0.15, 0.2) is 6.10 Å². The minimum atomic E-state index is -1.32. The standard InChI is InChI=1S/C27H40O19/c1-18(6-27(38)46-21(14-41-16-29)15-43-25(36)8-26(37)44-17-30)10-39-12-20(13-40-11-19(31)9-28)45-23(34)4-2-3-5-42-24(35)7-22(32)33/h16-21,28,31H,2-15H2,1H3,(H,32,33). The van der Waals surface area contributed by atoms with Gasteiger partial charge >= 0.3 is 42.3 Å². The molecule has 0 saturated carbocycles. The summed E-state index contributed by atoms with van der Waals surface area (Å²) in [4.78, 5) is 89.8. The zero-order chi connectivity index (χ0) is 34.7. The average Bonchev–Trinajstić information content (AvgIpc) is 2.97. The second kappa shape index (κ2) is 26.1. The van der Waals surface area contributed by atoms with Gasteiger partial charge in [-0.25, -0.2) is 0 Å². The lowest BCUT2D eigenvalue weighted by atomic mass is 10.1. The van der Waals surface area contributed by atoms with E-state index in [1.807, 2.05) is 0 Å². The molecule has 46 heavy (non-hydrogen) atoms. The van der Waals surface area contributed by atoms with Crippen LogP contribution in [0.25, 0.3) is 0 Å². The Morgan fingerprint density at radius 1 is 0.696 bits per heavy atom. The topological polar surface area (TPSA) is 271 Å². The zero-order valence-electron chi connectivity index (χ0n) is 25.2. The summed E-state index contributed by atoms with van der Waals surface area (Å²) in [5, 5.41) is 26.9. The highest BCUT2D eigenvalue weighted by atomic mass is 16.6. The van der Waals surface area contributed by atoms with E-state index >= 15 is 0 Å². The minimum absolute atomic E-state index is 0.0204. The molecule has 0 aromatic rings. The van der Waals surface area contributed by atoms with Gasteiger partial charge in [-0.3, -0.25) is 38.4 Å². The third kappa shape index (κ3) is 24.2. The molecular weight excluding hydrogens is 628 g/mol. The minimum Gasteiger partial charge on any atom is -0.481 e. The van der Waals surface area contributed by atoms with E-state index in [0.29, 0.717) is 0 Å². The Morgan fingerprint density at radius 2 is 1.33 bits per heavy atom. The van der Waals surface area contributed by atoms with E-state index in [1.54, 1.807) is 6.92 Å². The van der Waals surface area contributed by atoms with Crippen molar-refractivity contribution in [2.24, 2.45) is 5.92 Å². The number of hydrogen-bond donors (Lipinski definition) is 3. The molecule has 4 unspecified atom stereocenters. The summed E-state index contributed by atoms with van der Waals surface area (Å²) in [6.07, 6.45) is -4.67. The van der Waals surface area contributed by atoms with Crippen LogP contribution in [0.4, 0.5) is 0 Å². The number of carboxylic acids is 1. The summed E-state index contributed by atoms with van der Waals surface area (Å²) in [6.45, 7) is -0.734. The molecule has 0 bridgehead atoms. The fourth-order valence-corrected chi connectivity index (χ4v) is 3.17. The molecule has 0 fully saturated rings. The number of aliphatic carboxylic acids is 1. The van der Waals surface area contributed by atoms with Crippen LogP contribution in [0, 0.1) is 5.92 Å². The SMILES string of the molecule is CC(COCC(COCC(O)CO)OC(=O)CCCCOC(=O)CC(=O)O)CC(=O)OC(COC=O)COC(=O)CC(=O)OC=O. The predicted octanol–water partition coefficient (Wildman–Crippen LogP) is -1.78. The molecule has 0 aromatic heterocycles. The number of unbranched alkanes of at least 4 members (excludes halogenated alkanes) is 1. The first-order valence-electron chi connectivity index (χ1n) is 13.9. The molecule has 4 atom stereocenters. The third-order valence-electron chi connectivity index (χ3n) is 5.22. The first-order chi connectivity index (χ1) is 21.9. The van der Waals surface area contributed by atoms with E-state index in [1.165, 1.54) is 0 Å². The molecule has 0 aliphatic carbocycles. The van der Waals surface area contributed by atoms with Gasteiger partial charge in [0.25, 0.3) is 6.47 Å². The summed E-state index contributed by atoms with van der Waals surface area (Å²) < 4.78 is 39.4. The first-order valence-corrected chi connectivity index (χ1v) is 13.9. The summed E-state index contributed by atoms with van der Waals surface area (Å²) in [5.74, 6) is -6.32. The highest BCUT2D eigenvalue weighted by Gasteiger charge is 2.22. The number of esters is 5. The molecule has 0 radical (unpaired) electrons. The molecule has 0 amide bonds. The van der Waals surface area contributed by atoms with Crippen molar-refractivity contribution in [2.75, 3.05) is 52.9 Å². The Kier molecular flexibility index (Phi) is 23.7. The molecule has 0 rings (SSSR count). The number of aliphatic hydroxyl groups excluding tert-OH is 2. The Labute approximate surface area is 263 Å². The number of carbonyl (C=O) groups excluding carboxylic acids is 7. The van der Waals surface area contributed by atoms with Crippen molar-refractivity contribution < 1.29 is 91.6 Å². The molecule has 0 aromatic carbocycles. The molecule has 0 saturated heterocycles. The third-order valence-corrected chi connectivity index (χ3v) is 5.22. The van der Waals surface area contributed by atoms with Crippen LogP contribution in [-0.2, 0) is 76.3 Å². The van der Waals surface area contributed by atoms with Crippen LogP contribution in [0.2, 0.25) is 0 Å². The maximum atomic E-state index is 12.4. The largest absolute Gasteiger partial charge is 0.481 e. The normalized spacial score (nSPS) is 13.2. The van der Waals surface area contributed by atoms with E-state index in [2.05, 4.69) is 9.47 Å². The zero-order valence-corrected chi connectivity index (χ0v) is 25.2. The van der Waals surface area contributed by atoms with Crippen molar-refractivity contribution in [2.45, 2.75) is 63.8 Å². The highest BCUT2D eigenvalue weighted by Crippen LogP contribution is 2.09. The second-order valence-corrected chi connectivity index (χ2v) is 9.57. The lowest BCUT2D eigenvalue weighted by molar-refractivity contribution is -0.167. The van der Waals surface area contributed by atoms with Crippen LogP contribution < -0.4 is 0 Å². The summed E-state index contributed by atoms with van der Waals surface area (Å²) in [5.41, 5.74) is 0. The highest BCUT2D eigenvalue weighted by molar-refractivity contribution is 5.93. The number of carboxylic acid groups (broad SMARTS) is 1. The number of ether oxygens (including phenoxy) is 8. The molecule has 19 heteroatoms. The van der Waals surface area contributed by atoms with E-state index in [4.69, 9.17) is 38.6 Å². The predicted molar refractivity (Wildman–Crippen MR) is 145 cm³/mol. The Bertz CT molecular complexity index is 967. The van der Waals surface area contributed by atoms with Crippen LogP contribution in [0.15, 0.2) is 0 Å². The van der Waals surface area contributed by atoms with Gasteiger partial charge in [-0.15, -0.1) is 0 Å². The lowest BCUT2D eigenvalue weighted by Crippen LogP contribution is -2.32. The van der Waals surface area contributed by atoms with Crippen LogP contribution in [0.5, 0.6) is 0 Å². The average molecular weight is 669 g/mol. The van der Waals surface area contributed by atoms with E-state index in [-0.39, 0.29) is 71.7 Å². The van der Waals surface area contributed by atoms with Crippen molar-refractivity contribution in [1.82, 2.24) is 0 Å². The fraction of sp³-hybridized carbons (Fsp3) is 0.704. The molecule has 0 spiro atoms. The summed E-state index contributed by atoms with van der Waals surface area (Å²) >= 11 is 0. The van der Waals surface area contributed by atoms with Crippen LogP contribution >= 0.6 is 0 Å². The second-order valence-electron chi connectivity index (χ2n) is 9.57. The van der Waals surface area contributed by atoms with Crippen molar-refractivity contribution in [3.05, 3.63) is 0 Å². The Morgan fingerprint density at radius 3 is 1.96 bits per heavy atom. The number of hydrogen-bond acceptors (Lipinski definition) is 18. The van der Waals surface area contributed by atoms with Crippen LogP contribution in [0.3, 0.4) is 0 Å². The van der Waals surface area contributed by atoms with Crippen molar-refractivity contribution in [3.63, 3.8) is 0 Å². The number of rotatable bonds is 28. The van der Waals surface area contributed by atoms with Crippen LogP contribution in [0.1, 0.15) is 45.4 Å². The van der Waals surface area contributed by atoms with E-state index in [9.17, 15) is 43.5 Å². The molecule has 0 aliphatic rings. The lowest BCUT2D eigenvalue weighted by Gasteiger charge is -2.21. The van der Waals surface area contributed by atoms with Gasteiger partial charge < -0.3 is 53.2 Å². The summed E-state index contributed by atoms with van der Waals surface area (Å²) in [7, 11) is 0. The molecule has 262 valence electrons. The number of aliphatic hydroxyl groups is 2. The smallest absolute Gasteiger partial charge is 0.324 e.